The zero-order valence-corrected chi connectivity index (χ0v) is 12.4. The number of nitrogens with one attached hydrogen (secondary N) is 1. The molecule has 0 atom stereocenters. The number of rotatable bonds is 4. The van der Waals surface area contributed by atoms with Gasteiger partial charge >= 0.3 is 11.9 Å². The first-order chi connectivity index (χ1) is 11.6. The molecular formula is C15H11F3N2O5. The minimum absolute atomic E-state index is 0.106. The van der Waals surface area contributed by atoms with Crippen LogP contribution in [0.25, 0.3) is 0 Å². The highest BCUT2D eigenvalue weighted by Crippen LogP contribution is 2.38. The van der Waals surface area contributed by atoms with Gasteiger partial charge in [0.25, 0.3) is 0 Å². The molecular weight excluding hydrogens is 345 g/mol. The fraction of sp³-hybridized carbons (Fsp3) is 0.133. The van der Waals surface area contributed by atoms with Crippen molar-refractivity contribution in [2.75, 3.05) is 5.32 Å². The molecule has 7 nitrogen and oxygen atoms in total. The van der Waals surface area contributed by atoms with Gasteiger partial charge in [0.1, 0.15) is 0 Å². The van der Waals surface area contributed by atoms with Gasteiger partial charge in [-0.25, -0.2) is 0 Å². The molecule has 0 aliphatic heterocycles. The molecule has 1 amide bonds. The average molecular weight is 356 g/mol. The van der Waals surface area contributed by atoms with Crippen molar-refractivity contribution in [3.05, 3.63) is 57.6 Å². The summed E-state index contributed by atoms with van der Waals surface area (Å²) in [6.45, 7) is 0. The van der Waals surface area contributed by atoms with Gasteiger partial charge in [-0.15, -0.1) is 0 Å². The SMILES string of the molecule is O=C(Cc1ccc([N+](=O)[O-])c(O)c1O)Nc1cccc(C(F)(F)F)c1. The maximum atomic E-state index is 12.6. The van der Waals surface area contributed by atoms with Crippen LogP contribution in [0, 0.1) is 10.1 Å². The van der Waals surface area contributed by atoms with E-state index in [4.69, 9.17) is 0 Å². The lowest BCUT2D eigenvalue weighted by molar-refractivity contribution is -0.386. The maximum absolute atomic E-state index is 12.6. The van der Waals surface area contributed by atoms with E-state index in [1.807, 2.05) is 0 Å². The molecule has 0 bridgehead atoms. The van der Waals surface area contributed by atoms with Crippen LogP contribution in [-0.4, -0.2) is 21.0 Å². The smallest absolute Gasteiger partial charge is 0.416 e. The second kappa shape index (κ2) is 6.67. The summed E-state index contributed by atoms with van der Waals surface area (Å²) in [5.41, 5.74) is -1.90. The number of halogens is 3. The molecule has 132 valence electrons. The maximum Gasteiger partial charge on any atom is 0.416 e. The number of alkyl halides is 3. The highest BCUT2D eigenvalue weighted by atomic mass is 19.4. The van der Waals surface area contributed by atoms with Gasteiger partial charge in [-0.05, 0) is 24.3 Å². The molecule has 3 N–H and O–H groups in total. The van der Waals surface area contributed by atoms with Crippen molar-refractivity contribution in [1.29, 1.82) is 0 Å². The molecule has 0 fully saturated rings. The monoisotopic (exact) mass is 356 g/mol. The van der Waals surface area contributed by atoms with Crippen molar-refractivity contribution < 1.29 is 33.1 Å². The van der Waals surface area contributed by atoms with Crippen LogP contribution in [-0.2, 0) is 17.4 Å². The minimum Gasteiger partial charge on any atom is -0.504 e. The van der Waals surface area contributed by atoms with E-state index in [9.17, 15) is 38.3 Å². The van der Waals surface area contributed by atoms with E-state index in [1.165, 1.54) is 6.07 Å². The number of aromatic hydroxyl groups is 2. The molecule has 2 aromatic rings. The number of anilines is 1. The topological polar surface area (TPSA) is 113 Å². The van der Waals surface area contributed by atoms with Crippen molar-refractivity contribution in [2.45, 2.75) is 12.6 Å². The Bertz CT molecular complexity index is 836. The van der Waals surface area contributed by atoms with Crippen LogP contribution in [0.15, 0.2) is 36.4 Å². The fourth-order valence-corrected chi connectivity index (χ4v) is 2.05. The zero-order valence-electron chi connectivity index (χ0n) is 12.4. The molecule has 2 rings (SSSR count). The molecule has 0 saturated heterocycles. The Labute approximate surface area is 138 Å². The molecule has 10 heteroatoms. The largest absolute Gasteiger partial charge is 0.504 e. The Morgan fingerprint density at radius 2 is 1.84 bits per heavy atom. The van der Waals surface area contributed by atoms with Gasteiger partial charge in [-0.3, -0.25) is 14.9 Å². The number of phenolic OH excluding ortho intramolecular Hbond substituents is 2. The summed E-state index contributed by atoms with van der Waals surface area (Å²) in [5, 5.41) is 32.1. The predicted octanol–water partition coefficient (Wildman–Crippen LogP) is 3.21. The summed E-state index contributed by atoms with van der Waals surface area (Å²) >= 11 is 0. The van der Waals surface area contributed by atoms with Crippen molar-refractivity contribution in [3.8, 4) is 11.5 Å². The van der Waals surface area contributed by atoms with Crippen LogP contribution in [0.1, 0.15) is 11.1 Å². The van der Waals surface area contributed by atoms with E-state index in [2.05, 4.69) is 5.32 Å². The Morgan fingerprint density at radius 3 is 2.44 bits per heavy atom. The standard InChI is InChI=1S/C15H11F3N2O5/c16-15(17,18)9-2-1-3-10(7-9)19-12(21)6-8-4-5-11(20(24)25)14(23)13(8)22/h1-5,7,22-23H,6H2,(H,19,21). The van der Waals surface area contributed by atoms with E-state index < -0.39 is 46.2 Å². The fourth-order valence-electron chi connectivity index (χ4n) is 2.05. The first-order valence-electron chi connectivity index (χ1n) is 6.75. The summed E-state index contributed by atoms with van der Waals surface area (Å²) < 4.78 is 37.9. The lowest BCUT2D eigenvalue weighted by atomic mass is 10.1. The number of phenols is 2. The molecule has 0 spiro atoms. The van der Waals surface area contributed by atoms with Crippen molar-refractivity contribution >= 4 is 17.3 Å². The number of carbonyl (C=O) groups excluding carboxylic acids is 1. The number of hydrogen-bond donors (Lipinski definition) is 3. The van der Waals surface area contributed by atoms with Crippen LogP contribution < -0.4 is 5.32 Å². The highest BCUT2D eigenvalue weighted by molar-refractivity contribution is 5.93. The van der Waals surface area contributed by atoms with Crippen LogP contribution in [0.2, 0.25) is 0 Å². The van der Waals surface area contributed by atoms with E-state index in [0.29, 0.717) is 0 Å². The summed E-state index contributed by atoms with van der Waals surface area (Å²) in [6, 6.07) is 5.93. The Morgan fingerprint density at radius 1 is 1.16 bits per heavy atom. The second-order valence-electron chi connectivity index (χ2n) is 5.00. The van der Waals surface area contributed by atoms with Gasteiger partial charge in [0, 0.05) is 17.3 Å². The third kappa shape index (κ3) is 4.16. The molecule has 0 heterocycles. The molecule has 0 aliphatic rings. The first-order valence-corrected chi connectivity index (χ1v) is 6.75. The summed E-state index contributed by atoms with van der Waals surface area (Å²) in [6.07, 6.45) is -5.07. The number of hydrogen-bond acceptors (Lipinski definition) is 5. The van der Waals surface area contributed by atoms with Crippen LogP contribution >= 0.6 is 0 Å². The zero-order chi connectivity index (χ0) is 18.8. The number of nitrogens with zero attached hydrogens (tertiary/aromatic N) is 1. The molecule has 25 heavy (non-hydrogen) atoms. The first kappa shape index (κ1) is 18.0. The lowest BCUT2D eigenvalue weighted by Crippen LogP contribution is -2.15. The number of nitro benzene ring substituents is 1. The Kier molecular flexibility index (Phi) is 4.82. The number of carbonyl (C=O) groups is 1. The van der Waals surface area contributed by atoms with Gasteiger partial charge in [0.15, 0.2) is 5.75 Å². The van der Waals surface area contributed by atoms with Crippen LogP contribution in [0.4, 0.5) is 24.5 Å². The summed E-state index contributed by atoms with van der Waals surface area (Å²) in [4.78, 5) is 21.6. The highest BCUT2D eigenvalue weighted by Gasteiger charge is 2.30. The molecule has 0 aromatic heterocycles. The number of amides is 1. The van der Waals surface area contributed by atoms with Gasteiger partial charge in [-0.1, -0.05) is 6.07 Å². The molecule has 0 aliphatic carbocycles. The van der Waals surface area contributed by atoms with Gasteiger partial charge in [-0.2, -0.15) is 13.2 Å². The molecule has 0 radical (unpaired) electrons. The molecule has 2 aromatic carbocycles. The third-order valence-electron chi connectivity index (χ3n) is 3.23. The van der Waals surface area contributed by atoms with Crippen LogP contribution in [0.3, 0.4) is 0 Å². The van der Waals surface area contributed by atoms with Gasteiger partial charge < -0.3 is 15.5 Å². The number of benzene rings is 2. The normalized spacial score (nSPS) is 11.2. The predicted molar refractivity (Wildman–Crippen MR) is 80.2 cm³/mol. The second-order valence-corrected chi connectivity index (χ2v) is 5.00. The summed E-state index contributed by atoms with van der Waals surface area (Å²) in [7, 11) is 0. The molecule has 0 unspecified atom stereocenters. The average Bonchev–Trinajstić information content (AvgIpc) is 2.51. The van der Waals surface area contributed by atoms with Gasteiger partial charge in [0.2, 0.25) is 11.7 Å². The Hall–Kier alpha value is -3.30. The van der Waals surface area contributed by atoms with E-state index in [-0.39, 0.29) is 11.3 Å². The van der Waals surface area contributed by atoms with Crippen molar-refractivity contribution in [3.63, 3.8) is 0 Å². The number of nitro groups is 1. The van der Waals surface area contributed by atoms with Crippen molar-refractivity contribution in [1.82, 2.24) is 0 Å². The van der Waals surface area contributed by atoms with Crippen LogP contribution in [0.5, 0.6) is 11.5 Å². The summed E-state index contributed by atoms with van der Waals surface area (Å²) in [5.74, 6) is -2.61. The van der Waals surface area contributed by atoms with E-state index >= 15 is 0 Å². The lowest BCUT2D eigenvalue weighted by Gasteiger charge is -2.10. The minimum atomic E-state index is -4.57. The third-order valence-corrected chi connectivity index (χ3v) is 3.23. The van der Waals surface area contributed by atoms with Crippen molar-refractivity contribution in [2.24, 2.45) is 0 Å². The molecule has 0 saturated carbocycles. The quantitative estimate of drug-likeness (QED) is 0.442. The Balaban J connectivity index is 2.16. The van der Waals surface area contributed by atoms with E-state index in [0.717, 1.165) is 30.3 Å². The van der Waals surface area contributed by atoms with E-state index in [1.54, 1.807) is 0 Å². The van der Waals surface area contributed by atoms with Gasteiger partial charge in [0.05, 0.1) is 16.9 Å².